The van der Waals surface area contributed by atoms with Gasteiger partial charge in [-0.1, -0.05) is 49.3 Å². The minimum absolute atomic E-state index is 0.615. The van der Waals surface area contributed by atoms with Crippen molar-refractivity contribution in [2.75, 3.05) is 0 Å². The zero-order valence-corrected chi connectivity index (χ0v) is 9.14. The van der Waals surface area contributed by atoms with Gasteiger partial charge in [0.15, 0.2) is 0 Å². The van der Waals surface area contributed by atoms with Crippen LogP contribution in [0.25, 0.3) is 0 Å². The first-order chi connectivity index (χ1) is 6.20. The Morgan fingerprint density at radius 2 is 1.85 bits per heavy atom. The predicted octanol–water partition coefficient (Wildman–Crippen LogP) is 1.75. The summed E-state index contributed by atoms with van der Waals surface area (Å²) in [6.07, 6.45) is -0.615. The SMILES string of the molecule is C[SiH](C)C#C[C@@H](O)c1ccccc1. The van der Waals surface area contributed by atoms with Gasteiger partial charge in [0.1, 0.15) is 14.9 Å². The second-order valence-corrected chi connectivity index (χ2v) is 5.85. The van der Waals surface area contributed by atoms with E-state index in [2.05, 4.69) is 24.6 Å². The first-order valence-electron chi connectivity index (χ1n) is 4.44. The molecular weight excluding hydrogens is 176 g/mol. The zero-order valence-electron chi connectivity index (χ0n) is 7.99. The summed E-state index contributed by atoms with van der Waals surface area (Å²) in [5, 5.41) is 9.62. The molecule has 0 saturated carbocycles. The average Bonchev–Trinajstić information content (AvgIpc) is 2.15. The lowest BCUT2D eigenvalue weighted by Gasteiger charge is -2.02. The molecule has 1 rings (SSSR count). The molecule has 13 heavy (non-hydrogen) atoms. The maximum absolute atomic E-state index is 9.62. The first kappa shape index (κ1) is 10.0. The van der Waals surface area contributed by atoms with Crippen LogP contribution in [0.5, 0.6) is 0 Å². The van der Waals surface area contributed by atoms with E-state index < -0.39 is 14.9 Å². The van der Waals surface area contributed by atoms with E-state index in [0.717, 1.165) is 5.56 Å². The smallest absolute Gasteiger partial charge is 0.139 e. The van der Waals surface area contributed by atoms with Gasteiger partial charge in [-0.15, -0.1) is 5.54 Å². The minimum Gasteiger partial charge on any atom is -0.376 e. The molecule has 1 nitrogen and oxygen atoms in total. The van der Waals surface area contributed by atoms with E-state index in [1.807, 2.05) is 30.3 Å². The van der Waals surface area contributed by atoms with Crippen LogP contribution >= 0.6 is 0 Å². The fourth-order valence-electron chi connectivity index (χ4n) is 0.964. The summed E-state index contributed by atoms with van der Waals surface area (Å²) in [6, 6.07) is 9.53. The first-order valence-corrected chi connectivity index (χ1v) is 7.33. The van der Waals surface area contributed by atoms with Crippen molar-refractivity contribution >= 4 is 8.80 Å². The quantitative estimate of drug-likeness (QED) is 0.528. The second-order valence-electron chi connectivity index (χ2n) is 3.26. The Hall–Kier alpha value is -1.04. The van der Waals surface area contributed by atoms with Gasteiger partial charge >= 0.3 is 0 Å². The molecule has 0 fully saturated rings. The molecule has 0 spiro atoms. The van der Waals surface area contributed by atoms with Crippen molar-refractivity contribution in [3.05, 3.63) is 35.9 Å². The standard InChI is InChI=1S/C11H14OSi/c1-13(2)9-8-11(12)10-6-4-3-5-7-10/h3-7,11-13H,1-2H3/t11-/m1/s1. The summed E-state index contributed by atoms with van der Waals surface area (Å²) >= 11 is 0. The van der Waals surface area contributed by atoms with Crippen LogP contribution < -0.4 is 0 Å². The number of benzene rings is 1. The van der Waals surface area contributed by atoms with Crippen LogP contribution in [0.4, 0.5) is 0 Å². The highest BCUT2D eigenvalue weighted by Gasteiger charge is 2.00. The molecule has 0 radical (unpaired) electrons. The van der Waals surface area contributed by atoms with Crippen LogP contribution in [-0.4, -0.2) is 13.9 Å². The van der Waals surface area contributed by atoms with Crippen LogP contribution in [0.3, 0.4) is 0 Å². The van der Waals surface area contributed by atoms with E-state index in [-0.39, 0.29) is 0 Å². The van der Waals surface area contributed by atoms with E-state index in [1.165, 1.54) is 0 Å². The van der Waals surface area contributed by atoms with E-state index in [4.69, 9.17) is 0 Å². The summed E-state index contributed by atoms with van der Waals surface area (Å²) in [5.41, 5.74) is 3.96. The Labute approximate surface area is 81.0 Å². The molecule has 0 aromatic heterocycles. The van der Waals surface area contributed by atoms with Gasteiger partial charge < -0.3 is 5.11 Å². The van der Waals surface area contributed by atoms with Gasteiger partial charge in [0.2, 0.25) is 0 Å². The summed E-state index contributed by atoms with van der Waals surface area (Å²) in [5.74, 6) is 2.87. The molecular formula is C11H14OSi. The number of aliphatic hydroxyl groups is 1. The highest BCUT2D eigenvalue weighted by atomic mass is 28.3. The zero-order chi connectivity index (χ0) is 9.68. The van der Waals surface area contributed by atoms with Crippen molar-refractivity contribution in [3.63, 3.8) is 0 Å². The molecule has 2 heteroatoms. The van der Waals surface area contributed by atoms with Crippen molar-refractivity contribution in [3.8, 4) is 11.5 Å². The van der Waals surface area contributed by atoms with E-state index >= 15 is 0 Å². The normalized spacial score (nSPS) is 12.0. The van der Waals surface area contributed by atoms with E-state index in [0.29, 0.717) is 0 Å². The molecule has 0 aliphatic heterocycles. The van der Waals surface area contributed by atoms with Gasteiger partial charge in [0.05, 0.1) is 0 Å². The van der Waals surface area contributed by atoms with E-state index in [1.54, 1.807) is 0 Å². The number of hydrogen-bond donors (Lipinski definition) is 1. The minimum atomic E-state index is -0.871. The van der Waals surface area contributed by atoms with Crippen molar-refractivity contribution < 1.29 is 5.11 Å². The maximum Gasteiger partial charge on any atom is 0.139 e. The Kier molecular flexibility index (Phi) is 3.75. The van der Waals surface area contributed by atoms with E-state index in [9.17, 15) is 5.11 Å². The topological polar surface area (TPSA) is 20.2 Å². The van der Waals surface area contributed by atoms with Crippen LogP contribution in [-0.2, 0) is 0 Å². The molecule has 1 atom stereocenters. The van der Waals surface area contributed by atoms with Gasteiger partial charge in [-0.25, -0.2) is 0 Å². The lowest BCUT2D eigenvalue weighted by molar-refractivity contribution is 0.238. The molecule has 0 amide bonds. The van der Waals surface area contributed by atoms with Crippen LogP contribution in [0.15, 0.2) is 30.3 Å². The van der Waals surface area contributed by atoms with Crippen molar-refractivity contribution in [1.82, 2.24) is 0 Å². The van der Waals surface area contributed by atoms with Crippen molar-refractivity contribution in [2.45, 2.75) is 19.2 Å². The van der Waals surface area contributed by atoms with Gasteiger partial charge in [0, 0.05) is 0 Å². The molecule has 0 saturated heterocycles. The van der Waals surface area contributed by atoms with Gasteiger partial charge in [-0.05, 0) is 5.56 Å². The van der Waals surface area contributed by atoms with Gasteiger partial charge in [-0.3, -0.25) is 0 Å². The largest absolute Gasteiger partial charge is 0.376 e. The molecule has 1 aromatic carbocycles. The summed E-state index contributed by atoms with van der Waals surface area (Å²) in [4.78, 5) is 0. The van der Waals surface area contributed by atoms with Crippen LogP contribution in [0.2, 0.25) is 13.1 Å². The molecule has 1 N–H and O–H groups in total. The Morgan fingerprint density at radius 3 is 2.38 bits per heavy atom. The maximum atomic E-state index is 9.62. The molecule has 0 aliphatic rings. The monoisotopic (exact) mass is 190 g/mol. The summed E-state index contributed by atoms with van der Waals surface area (Å²) in [6.45, 7) is 4.29. The molecule has 0 bridgehead atoms. The second kappa shape index (κ2) is 4.86. The molecule has 1 aromatic rings. The van der Waals surface area contributed by atoms with Crippen molar-refractivity contribution in [1.29, 1.82) is 0 Å². The van der Waals surface area contributed by atoms with Gasteiger partial charge in [0.25, 0.3) is 0 Å². The Morgan fingerprint density at radius 1 is 1.23 bits per heavy atom. The average molecular weight is 190 g/mol. The fourth-order valence-corrected chi connectivity index (χ4v) is 1.46. The third-order valence-electron chi connectivity index (χ3n) is 1.62. The van der Waals surface area contributed by atoms with Gasteiger partial charge in [-0.2, -0.15) is 0 Å². The number of hydrogen-bond acceptors (Lipinski definition) is 1. The fraction of sp³-hybridized carbons (Fsp3) is 0.273. The highest BCUT2D eigenvalue weighted by Crippen LogP contribution is 2.09. The lowest BCUT2D eigenvalue weighted by Crippen LogP contribution is -1.98. The number of aliphatic hydroxyl groups excluding tert-OH is 1. The third-order valence-corrected chi connectivity index (χ3v) is 2.37. The lowest BCUT2D eigenvalue weighted by atomic mass is 10.1. The Balaban J connectivity index is 2.71. The molecule has 0 aliphatic carbocycles. The summed E-state index contributed by atoms with van der Waals surface area (Å²) < 4.78 is 0. The summed E-state index contributed by atoms with van der Waals surface area (Å²) in [7, 11) is -0.871. The van der Waals surface area contributed by atoms with Crippen molar-refractivity contribution in [2.24, 2.45) is 0 Å². The van der Waals surface area contributed by atoms with Crippen LogP contribution in [0, 0.1) is 11.5 Å². The third kappa shape index (κ3) is 3.45. The van der Waals surface area contributed by atoms with Crippen LogP contribution in [0.1, 0.15) is 11.7 Å². The predicted molar refractivity (Wildman–Crippen MR) is 58.1 cm³/mol. The highest BCUT2D eigenvalue weighted by molar-refractivity contribution is 6.64. The molecule has 0 heterocycles. The molecule has 0 unspecified atom stereocenters. The number of rotatable bonds is 1. The molecule has 68 valence electrons. The Bertz CT molecular complexity index is 308.